The number of amides is 1. The lowest BCUT2D eigenvalue weighted by atomic mass is 10.1. The highest BCUT2D eigenvalue weighted by Crippen LogP contribution is 2.21. The second-order valence-corrected chi connectivity index (χ2v) is 5.79. The summed E-state index contributed by atoms with van der Waals surface area (Å²) in [6.45, 7) is 3.05. The van der Waals surface area contributed by atoms with Gasteiger partial charge in [-0.1, -0.05) is 18.2 Å². The Kier molecular flexibility index (Phi) is 4.78. The van der Waals surface area contributed by atoms with E-state index in [4.69, 9.17) is 10.5 Å². The topological polar surface area (TPSA) is 88.7 Å². The van der Waals surface area contributed by atoms with Crippen LogP contribution in [-0.2, 0) is 4.74 Å². The molecule has 1 aromatic carbocycles. The number of aliphatic hydroxyl groups excluding tert-OH is 1. The average molecular weight is 327 g/mol. The SMILES string of the molecule is CCN(C(=O)c1ccc(-c2cccc(N)n2)cc1)[C@H]1COC[C@@H]1O. The Balaban J connectivity index is 1.80. The van der Waals surface area contributed by atoms with Gasteiger partial charge in [0.05, 0.1) is 31.1 Å². The number of nitrogen functional groups attached to an aromatic ring is 1. The first kappa shape index (κ1) is 16.4. The van der Waals surface area contributed by atoms with Gasteiger partial charge in [0, 0.05) is 17.7 Å². The maximum absolute atomic E-state index is 12.7. The number of benzene rings is 1. The molecule has 1 saturated heterocycles. The van der Waals surface area contributed by atoms with Gasteiger partial charge in [-0.15, -0.1) is 0 Å². The molecule has 1 amide bonds. The number of carbonyl (C=O) groups excluding carboxylic acids is 1. The first-order valence-corrected chi connectivity index (χ1v) is 8.00. The van der Waals surface area contributed by atoms with E-state index in [2.05, 4.69) is 4.98 Å². The number of aromatic nitrogens is 1. The molecular formula is C18H21N3O3. The lowest BCUT2D eigenvalue weighted by Gasteiger charge is -2.28. The Bertz CT molecular complexity index is 718. The molecule has 0 radical (unpaired) electrons. The average Bonchev–Trinajstić information content (AvgIpc) is 3.01. The van der Waals surface area contributed by atoms with Crippen molar-refractivity contribution < 1.29 is 14.6 Å². The van der Waals surface area contributed by atoms with E-state index in [1.165, 1.54) is 0 Å². The van der Waals surface area contributed by atoms with E-state index in [0.717, 1.165) is 11.3 Å². The van der Waals surface area contributed by atoms with Crippen LogP contribution in [0.1, 0.15) is 17.3 Å². The Morgan fingerprint density at radius 3 is 2.62 bits per heavy atom. The van der Waals surface area contributed by atoms with Crippen molar-refractivity contribution in [2.24, 2.45) is 0 Å². The van der Waals surface area contributed by atoms with Gasteiger partial charge in [0.1, 0.15) is 5.82 Å². The van der Waals surface area contributed by atoms with Crippen molar-refractivity contribution in [1.82, 2.24) is 9.88 Å². The number of nitrogens with two attached hydrogens (primary N) is 1. The van der Waals surface area contributed by atoms with Crippen molar-refractivity contribution in [2.45, 2.75) is 19.1 Å². The number of pyridine rings is 1. The Hall–Kier alpha value is -2.44. The minimum atomic E-state index is -0.635. The molecule has 3 rings (SSSR count). The zero-order chi connectivity index (χ0) is 17.1. The molecule has 1 aromatic heterocycles. The molecule has 2 atom stereocenters. The first-order valence-electron chi connectivity index (χ1n) is 8.00. The van der Waals surface area contributed by atoms with Gasteiger partial charge in [0.25, 0.3) is 5.91 Å². The predicted octanol–water partition coefficient (Wildman–Crippen LogP) is 1.55. The fraction of sp³-hybridized carbons (Fsp3) is 0.333. The van der Waals surface area contributed by atoms with Crippen molar-refractivity contribution in [2.75, 3.05) is 25.5 Å². The smallest absolute Gasteiger partial charge is 0.254 e. The van der Waals surface area contributed by atoms with Crippen LogP contribution in [0, 0.1) is 0 Å². The molecule has 3 N–H and O–H groups in total. The Morgan fingerprint density at radius 2 is 2.04 bits per heavy atom. The lowest BCUT2D eigenvalue weighted by molar-refractivity contribution is 0.0520. The lowest BCUT2D eigenvalue weighted by Crippen LogP contribution is -2.46. The largest absolute Gasteiger partial charge is 0.388 e. The predicted molar refractivity (Wildman–Crippen MR) is 91.4 cm³/mol. The second-order valence-electron chi connectivity index (χ2n) is 5.79. The van der Waals surface area contributed by atoms with Gasteiger partial charge in [-0.3, -0.25) is 4.79 Å². The number of hydrogen-bond acceptors (Lipinski definition) is 5. The van der Waals surface area contributed by atoms with Crippen LogP contribution in [0.15, 0.2) is 42.5 Å². The van der Waals surface area contributed by atoms with E-state index in [1.807, 2.05) is 31.2 Å². The summed E-state index contributed by atoms with van der Waals surface area (Å²) in [6, 6.07) is 12.4. The van der Waals surface area contributed by atoms with Gasteiger partial charge in [0.2, 0.25) is 0 Å². The molecule has 0 bridgehead atoms. The fourth-order valence-corrected chi connectivity index (χ4v) is 2.92. The van der Waals surface area contributed by atoms with Gasteiger partial charge in [-0.25, -0.2) is 4.98 Å². The summed E-state index contributed by atoms with van der Waals surface area (Å²) in [7, 11) is 0. The molecule has 1 aliphatic rings. The van der Waals surface area contributed by atoms with Crippen molar-refractivity contribution in [3.8, 4) is 11.3 Å². The number of hydrogen-bond donors (Lipinski definition) is 2. The number of ether oxygens (including phenoxy) is 1. The summed E-state index contributed by atoms with van der Waals surface area (Å²) in [5, 5.41) is 9.97. The van der Waals surface area contributed by atoms with E-state index in [1.54, 1.807) is 23.1 Å². The molecule has 6 heteroatoms. The summed E-state index contributed by atoms with van der Waals surface area (Å²) in [5.74, 6) is 0.346. The third-order valence-electron chi connectivity index (χ3n) is 4.22. The number of likely N-dealkylation sites (N-methyl/N-ethyl adjacent to an activating group) is 1. The van der Waals surface area contributed by atoms with Crippen LogP contribution in [0.5, 0.6) is 0 Å². The molecule has 1 aliphatic heterocycles. The third-order valence-corrected chi connectivity index (χ3v) is 4.22. The van der Waals surface area contributed by atoms with E-state index >= 15 is 0 Å². The maximum atomic E-state index is 12.7. The highest BCUT2D eigenvalue weighted by atomic mass is 16.5. The van der Waals surface area contributed by atoms with Crippen molar-refractivity contribution >= 4 is 11.7 Å². The molecule has 126 valence electrons. The highest BCUT2D eigenvalue weighted by Gasteiger charge is 2.34. The Labute approximate surface area is 140 Å². The van der Waals surface area contributed by atoms with Gasteiger partial charge in [-0.2, -0.15) is 0 Å². The minimum absolute atomic E-state index is 0.112. The molecule has 0 spiro atoms. The molecular weight excluding hydrogens is 306 g/mol. The van der Waals surface area contributed by atoms with Gasteiger partial charge >= 0.3 is 0 Å². The summed E-state index contributed by atoms with van der Waals surface area (Å²) < 4.78 is 5.26. The highest BCUT2D eigenvalue weighted by molar-refractivity contribution is 5.95. The molecule has 0 saturated carbocycles. The van der Waals surface area contributed by atoms with Gasteiger partial charge in [0.15, 0.2) is 0 Å². The summed E-state index contributed by atoms with van der Waals surface area (Å²) in [6.07, 6.45) is -0.635. The van der Waals surface area contributed by atoms with Crippen LogP contribution < -0.4 is 5.73 Å². The first-order chi connectivity index (χ1) is 11.6. The summed E-state index contributed by atoms with van der Waals surface area (Å²) in [4.78, 5) is 18.7. The van der Waals surface area contributed by atoms with Crippen LogP contribution >= 0.6 is 0 Å². The quantitative estimate of drug-likeness (QED) is 0.889. The van der Waals surface area contributed by atoms with Crippen LogP contribution in [0.2, 0.25) is 0 Å². The number of anilines is 1. The molecule has 0 aliphatic carbocycles. The number of nitrogens with zero attached hydrogens (tertiary/aromatic N) is 2. The van der Waals surface area contributed by atoms with Crippen molar-refractivity contribution in [3.63, 3.8) is 0 Å². The van der Waals surface area contributed by atoms with E-state index in [0.29, 0.717) is 24.5 Å². The minimum Gasteiger partial charge on any atom is -0.388 e. The Morgan fingerprint density at radius 1 is 1.29 bits per heavy atom. The maximum Gasteiger partial charge on any atom is 0.254 e. The second kappa shape index (κ2) is 6.98. The zero-order valence-electron chi connectivity index (χ0n) is 13.6. The summed E-state index contributed by atoms with van der Waals surface area (Å²) in [5.41, 5.74) is 7.94. The van der Waals surface area contributed by atoms with Crippen LogP contribution in [0.4, 0.5) is 5.82 Å². The molecule has 1 fully saturated rings. The molecule has 2 heterocycles. The number of carbonyl (C=O) groups is 1. The molecule has 24 heavy (non-hydrogen) atoms. The van der Waals surface area contributed by atoms with Gasteiger partial charge in [-0.05, 0) is 31.2 Å². The molecule has 2 aromatic rings. The van der Waals surface area contributed by atoms with E-state index in [9.17, 15) is 9.90 Å². The van der Waals surface area contributed by atoms with Crippen molar-refractivity contribution in [1.29, 1.82) is 0 Å². The standard InChI is InChI=1S/C18H21N3O3/c1-2-21(15-10-24-11-16(15)22)18(23)13-8-6-12(7-9-13)14-4-3-5-17(19)20-14/h3-9,15-16,22H,2,10-11H2,1H3,(H2,19,20)/t15-,16-/m0/s1. The fourth-order valence-electron chi connectivity index (χ4n) is 2.92. The third kappa shape index (κ3) is 3.25. The molecule has 6 nitrogen and oxygen atoms in total. The molecule has 0 unspecified atom stereocenters. The van der Waals surface area contributed by atoms with E-state index in [-0.39, 0.29) is 18.6 Å². The monoisotopic (exact) mass is 327 g/mol. The number of rotatable bonds is 4. The van der Waals surface area contributed by atoms with Crippen LogP contribution in [-0.4, -0.2) is 52.8 Å². The van der Waals surface area contributed by atoms with E-state index < -0.39 is 6.10 Å². The normalized spacial score (nSPS) is 20.1. The van der Waals surface area contributed by atoms with Crippen LogP contribution in [0.25, 0.3) is 11.3 Å². The summed E-state index contributed by atoms with van der Waals surface area (Å²) >= 11 is 0. The zero-order valence-corrected chi connectivity index (χ0v) is 13.6. The van der Waals surface area contributed by atoms with Crippen LogP contribution in [0.3, 0.4) is 0 Å². The van der Waals surface area contributed by atoms with Gasteiger partial charge < -0.3 is 20.5 Å². The number of aliphatic hydroxyl groups is 1. The van der Waals surface area contributed by atoms with Crippen molar-refractivity contribution in [3.05, 3.63) is 48.0 Å².